The summed E-state index contributed by atoms with van der Waals surface area (Å²) in [6.07, 6.45) is 1.88. The summed E-state index contributed by atoms with van der Waals surface area (Å²) < 4.78 is 16.1. The van der Waals surface area contributed by atoms with Crippen molar-refractivity contribution in [1.82, 2.24) is 0 Å². The van der Waals surface area contributed by atoms with Crippen molar-refractivity contribution in [3.05, 3.63) is 0 Å². The molecule has 0 aliphatic carbocycles. The zero-order valence-corrected chi connectivity index (χ0v) is 7.26. The van der Waals surface area contributed by atoms with E-state index in [0.29, 0.717) is 13.2 Å². The van der Waals surface area contributed by atoms with Gasteiger partial charge in [-0.1, -0.05) is 0 Å². The van der Waals surface area contributed by atoms with Crippen molar-refractivity contribution in [3.63, 3.8) is 0 Å². The van der Waals surface area contributed by atoms with E-state index in [-0.39, 0.29) is 0 Å². The van der Waals surface area contributed by atoms with Crippen LogP contribution in [0.2, 0.25) is 0 Å². The predicted molar refractivity (Wildman–Crippen MR) is 41.2 cm³/mol. The van der Waals surface area contributed by atoms with E-state index in [1.807, 2.05) is 13.8 Å². The summed E-state index contributed by atoms with van der Waals surface area (Å²) in [6.45, 7) is 5.92. The van der Waals surface area contributed by atoms with Gasteiger partial charge in [0.15, 0.2) is 0 Å². The van der Waals surface area contributed by atoms with Crippen LogP contribution in [0.5, 0.6) is 0 Å². The maximum Gasteiger partial charge on any atom is 0.282 e. The highest BCUT2D eigenvalue weighted by Crippen LogP contribution is 2.27. The van der Waals surface area contributed by atoms with Crippen molar-refractivity contribution in [1.29, 1.82) is 0 Å². The molecule has 0 amide bonds. The molecule has 1 rings (SSSR count). The summed E-state index contributed by atoms with van der Waals surface area (Å²) in [5.74, 6) is -0.705. The van der Waals surface area contributed by atoms with Gasteiger partial charge in [-0.25, -0.2) is 0 Å². The SMILES string of the molecule is CCOC1(OCC)CCCO1. The Morgan fingerprint density at radius 2 is 1.91 bits per heavy atom. The van der Waals surface area contributed by atoms with Gasteiger partial charge in [-0.15, -0.1) is 0 Å². The molecule has 0 N–H and O–H groups in total. The van der Waals surface area contributed by atoms with Gasteiger partial charge in [0, 0.05) is 19.6 Å². The van der Waals surface area contributed by atoms with Crippen LogP contribution in [0.4, 0.5) is 0 Å². The fourth-order valence-electron chi connectivity index (χ4n) is 1.30. The largest absolute Gasteiger partial charge is 0.328 e. The van der Waals surface area contributed by atoms with Gasteiger partial charge < -0.3 is 14.2 Å². The lowest BCUT2D eigenvalue weighted by Gasteiger charge is -2.26. The van der Waals surface area contributed by atoms with Crippen molar-refractivity contribution in [2.75, 3.05) is 19.8 Å². The number of ether oxygens (including phenoxy) is 3. The van der Waals surface area contributed by atoms with Gasteiger partial charge in [0.1, 0.15) is 0 Å². The van der Waals surface area contributed by atoms with E-state index in [0.717, 1.165) is 19.4 Å². The molecule has 0 spiro atoms. The summed E-state index contributed by atoms with van der Waals surface area (Å²) in [5, 5.41) is 0. The number of hydrogen-bond acceptors (Lipinski definition) is 3. The second kappa shape index (κ2) is 4.04. The minimum absolute atomic E-state index is 0.639. The van der Waals surface area contributed by atoms with E-state index < -0.39 is 5.97 Å². The third-order valence-corrected chi connectivity index (χ3v) is 1.68. The van der Waals surface area contributed by atoms with Crippen molar-refractivity contribution >= 4 is 0 Å². The Morgan fingerprint density at radius 3 is 2.27 bits per heavy atom. The van der Waals surface area contributed by atoms with Gasteiger partial charge in [0.05, 0.1) is 6.61 Å². The average Bonchev–Trinajstić information content (AvgIpc) is 2.39. The van der Waals surface area contributed by atoms with Crippen molar-refractivity contribution in [2.24, 2.45) is 0 Å². The van der Waals surface area contributed by atoms with E-state index in [9.17, 15) is 0 Å². The fraction of sp³-hybridized carbons (Fsp3) is 1.00. The molecular formula is C8H16O3. The average molecular weight is 160 g/mol. The van der Waals surface area contributed by atoms with Crippen LogP contribution in [0, 0.1) is 0 Å². The van der Waals surface area contributed by atoms with Crippen molar-refractivity contribution in [2.45, 2.75) is 32.7 Å². The van der Waals surface area contributed by atoms with Gasteiger partial charge >= 0.3 is 0 Å². The molecule has 11 heavy (non-hydrogen) atoms. The van der Waals surface area contributed by atoms with Gasteiger partial charge in [-0.05, 0) is 20.3 Å². The molecule has 0 aromatic carbocycles. The molecule has 0 unspecified atom stereocenters. The highest BCUT2D eigenvalue weighted by molar-refractivity contribution is 4.64. The van der Waals surface area contributed by atoms with Crippen LogP contribution in [-0.2, 0) is 14.2 Å². The fourth-order valence-corrected chi connectivity index (χ4v) is 1.30. The molecular weight excluding hydrogens is 144 g/mol. The maximum absolute atomic E-state index is 5.39. The minimum atomic E-state index is -0.705. The second-order valence-corrected chi connectivity index (χ2v) is 2.50. The summed E-state index contributed by atoms with van der Waals surface area (Å²) in [6, 6.07) is 0. The zero-order chi connectivity index (χ0) is 8.16. The van der Waals surface area contributed by atoms with E-state index in [1.54, 1.807) is 0 Å². The quantitative estimate of drug-likeness (QED) is 0.584. The normalized spacial score (nSPS) is 22.4. The molecule has 3 heteroatoms. The standard InChI is InChI=1S/C8H16O3/c1-3-9-8(10-4-2)6-5-7-11-8/h3-7H2,1-2H3. The van der Waals surface area contributed by atoms with Gasteiger partial charge in [0.2, 0.25) is 0 Å². The smallest absolute Gasteiger partial charge is 0.282 e. The van der Waals surface area contributed by atoms with Crippen LogP contribution in [0.15, 0.2) is 0 Å². The lowest BCUT2D eigenvalue weighted by atomic mass is 10.3. The molecule has 0 aromatic heterocycles. The Morgan fingerprint density at radius 1 is 1.27 bits per heavy atom. The Labute approximate surface area is 67.6 Å². The maximum atomic E-state index is 5.39. The molecule has 1 fully saturated rings. The third-order valence-electron chi connectivity index (χ3n) is 1.68. The third kappa shape index (κ3) is 2.15. The zero-order valence-electron chi connectivity index (χ0n) is 7.26. The molecule has 3 nitrogen and oxygen atoms in total. The van der Waals surface area contributed by atoms with Gasteiger partial charge in [-0.3, -0.25) is 0 Å². The molecule has 0 radical (unpaired) electrons. The van der Waals surface area contributed by atoms with Crippen LogP contribution >= 0.6 is 0 Å². The molecule has 66 valence electrons. The van der Waals surface area contributed by atoms with Gasteiger partial charge in [-0.2, -0.15) is 0 Å². The summed E-state index contributed by atoms with van der Waals surface area (Å²) in [5.41, 5.74) is 0. The van der Waals surface area contributed by atoms with Gasteiger partial charge in [0.25, 0.3) is 5.97 Å². The van der Waals surface area contributed by atoms with Crippen molar-refractivity contribution < 1.29 is 14.2 Å². The molecule has 1 aliphatic rings. The highest BCUT2D eigenvalue weighted by atomic mass is 16.9. The van der Waals surface area contributed by atoms with Crippen LogP contribution in [0.1, 0.15) is 26.7 Å². The Bertz CT molecular complexity index is 99.9. The van der Waals surface area contributed by atoms with Crippen LogP contribution in [-0.4, -0.2) is 25.8 Å². The summed E-state index contributed by atoms with van der Waals surface area (Å²) >= 11 is 0. The van der Waals surface area contributed by atoms with E-state index in [2.05, 4.69) is 0 Å². The minimum Gasteiger partial charge on any atom is -0.328 e. The first kappa shape index (κ1) is 8.97. The first-order valence-electron chi connectivity index (χ1n) is 4.25. The molecule has 1 aliphatic heterocycles. The van der Waals surface area contributed by atoms with E-state index >= 15 is 0 Å². The number of rotatable bonds is 4. The Kier molecular flexibility index (Phi) is 3.30. The lowest BCUT2D eigenvalue weighted by molar-refractivity contribution is -0.358. The molecule has 1 saturated heterocycles. The molecule has 0 atom stereocenters. The molecule has 0 aromatic rings. The van der Waals surface area contributed by atoms with Crippen LogP contribution in [0.3, 0.4) is 0 Å². The Hall–Kier alpha value is -0.120. The first-order valence-corrected chi connectivity index (χ1v) is 4.25. The monoisotopic (exact) mass is 160 g/mol. The van der Waals surface area contributed by atoms with E-state index in [4.69, 9.17) is 14.2 Å². The first-order chi connectivity index (χ1) is 5.33. The van der Waals surface area contributed by atoms with Crippen LogP contribution < -0.4 is 0 Å². The molecule has 0 saturated carbocycles. The topological polar surface area (TPSA) is 27.7 Å². The summed E-state index contributed by atoms with van der Waals surface area (Å²) in [7, 11) is 0. The lowest BCUT2D eigenvalue weighted by Crippen LogP contribution is -2.35. The predicted octanol–water partition coefficient (Wildman–Crippen LogP) is 1.52. The summed E-state index contributed by atoms with van der Waals surface area (Å²) in [4.78, 5) is 0. The second-order valence-electron chi connectivity index (χ2n) is 2.50. The van der Waals surface area contributed by atoms with Crippen molar-refractivity contribution in [3.8, 4) is 0 Å². The number of hydrogen-bond donors (Lipinski definition) is 0. The molecule has 0 bridgehead atoms. The molecule has 1 heterocycles. The van der Waals surface area contributed by atoms with E-state index in [1.165, 1.54) is 0 Å². The Balaban J connectivity index is 2.40. The van der Waals surface area contributed by atoms with Crippen LogP contribution in [0.25, 0.3) is 0 Å². The highest BCUT2D eigenvalue weighted by Gasteiger charge is 2.36.